The Morgan fingerprint density at radius 2 is 1.64 bits per heavy atom. The molecule has 1 amide bonds. The SMILES string of the molecule is Cc1ccc(C(=O)C(=O)N2CCC(O)(C(F)(F)F)CC2)cc1. The van der Waals surface area contributed by atoms with E-state index in [0.717, 1.165) is 10.5 Å². The summed E-state index contributed by atoms with van der Waals surface area (Å²) in [5, 5.41) is 9.55. The van der Waals surface area contributed by atoms with Gasteiger partial charge in [-0.3, -0.25) is 9.59 Å². The van der Waals surface area contributed by atoms with E-state index < -0.39 is 36.3 Å². The molecule has 2 rings (SSSR count). The summed E-state index contributed by atoms with van der Waals surface area (Å²) in [6, 6.07) is 6.37. The van der Waals surface area contributed by atoms with Gasteiger partial charge in [0.15, 0.2) is 5.60 Å². The molecule has 1 saturated heterocycles. The third-order valence-corrected chi connectivity index (χ3v) is 3.91. The van der Waals surface area contributed by atoms with Crippen LogP contribution in [0.5, 0.6) is 0 Å². The zero-order valence-electron chi connectivity index (χ0n) is 12.0. The van der Waals surface area contributed by atoms with E-state index in [2.05, 4.69) is 0 Å². The molecule has 120 valence electrons. The van der Waals surface area contributed by atoms with E-state index >= 15 is 0 Å². The van der Waals surface area contributed by atoms with Crippen LogP contribution in [-0.2, 0) is 4.79 Å². The van der Waals surface area contributed by atoms with E-state index in [4.69, 9.17) is 0 Å². The molecule has 0 spiro atoms. The van der Waals surface area contributed by atoms with Crippen LogP contribution < -0.4 is 0 Å². The Kier molecular flexibility index (Phi) is 4.28. The molecular formula is C15H16F3NO3. The third kappa shape index (κ3) is 3.14. The molecule has 1 aromatic carbocycles. The summed E-state index contributed by atoms with van der Waals surface area (Å²) in [6.45, 7) is 1.23. The number of aryl methyl sites for hydroxylation is 1. The first kappa shape index (κ1) is 16.5. The number of rotatable bonds is 2. The fourth-order valence-electron chi connectivity index (χ4n) is 2.34. The summed E-state index contributed by atoms with van der Waals surface area (Å²) >= 11 is 0. The van der Waals surface area contributed by atoms with Crippen LogP contribution in [-0.4, -0.2) is 46.6 Å². The number of benzene rings is 1. The van der Waals surface area contributed by atoms with Crippen LogP contribution in [0.3, 0.4) is 0 Å². The van der Waals surface area contributed by atoms with Gasteiger partial charge in [0, 0.05) is 31.5 Å². The van der Waals surface area contributed by atoms with Gasteiger partial charge in [0.05, 0.1) is 0 Å². The van der Waals surface area contributed by atoms with Gasteiger partial charge in [-0.15, -0.1) is 0 Å². The Hall–Kier alpha value is -1.89. The quantitative estimate of drug-likeness (QED) is 0.671. The van der Waals surface area contributed by atoms with Crippen molar-refractivity contribution < 1.29 is 27.9 Å². The molecule has 1 heterocycles. The minimum atomic E-state index is -4.73. The first-order valence-electron chi connectivity index (χ1n) is 6.83. The third-order valence-electron chi connectivity index (χ3n) is 3.91. The molecule has 4 nitrogen and oxygen atoms in total. The van der Waals surface area contributed by atoms with Crippen molar-refractivity contribution in [3.63, 3.8) is 0 Å². The number of hydrogen-bond acceptors (Lipinski definition) is 3. The molecule has 0 saturated carbocycles. The van der Waals surface area contributed by atoms with Gasteiger partial charge in [0.2, 0.25) is 5.78 Å². The fourth-order valence-corrected chi connectivity index (χ4v) is 2.34. The van der Waals surface area contributed by atoms with Gasteiger partial charge in [-0.1, -0.05) is 29.8 Å². The molecule has 1 aromatic rings. The zero-order chi connectivity index (χ0) is 16.5. The lowest BCUT2D eigenvalue weighted by Gasteiger charge is -2.38. The van der Waals surface area contributed by atoms with E-state index in [0.29, 0.717) is 0 Å². The van der Waals surface area contributed by atoms with Crippen LogP contribution in [0.2, 0.25) is 0 Å². The maximum Gasteiger partial charge on any atom is 0.417 e. The summed E-state index contributed by atoms with van der Waals surface area (Å²) < 4.78 is 38.1. The molecular weight excluding hydrogens is 299 g/mol. The highest BCUT2D eigenvalue weighted by Gasteiger charge is 2.55. The number of piperidine rings is 1. The Morgan fingerprint density at radius 1 is 1.14 bits per heavy atom. The lowest BCUT2D eigenvalue weighted by atomic mass is 9.90. The summed E-state index contributed by atoms with van der Waals surface area (Å²) in [4.78, 5) is 25.2. The van der Waals surface area contributed by atoms with Crippen molar-refractivity contribution in [2.75, 3.05) is 13.1 Å². The molecule has 1 aliphatic rings. The fraction of sp³-hybridized carbons (Fsp3) is 0.467. The Labute approximate surface area is 125 Å². The minimum Gasteiger partial charge on any atom is -0.380 e. The number of carbonyl (C=O) groups excluding carboxylic acids is 2. The van der Waals surface area contributed by atoms with Crippen molar-refractivity contribution in [2.45, 2.75) is 31.5 Å². The predicted octanol–water partition coefficient (Wildman–Crippen LogP) is 2.09. The first-order valence-corrected chi connectivity index (χ1v) is 6.83. The lowest BCUT2D eigenvalue weighted by molar-refractivity contribution is -0.271. The van der Waals surface area contributed by atoms with Crippen molar-refractivity contribution >= 4 is 11.7 Å². The van der Waals surface area contributed by atoms with Gasteiger partial charge >= 0.3 is 6.18 Å². The highest BCUT2D eigenvalue weighted by Crippen LogP contribution is 2.38. The van der Waals surface area contributed by atoms with Crippen LogP contribution in [0.25, 0.3) is 0 Å². The van der Waals surface area contributed by atoms with Crippen molar-refractivity contribution in [1.82, 2.24) is 4.90 Å². The molecule has 0 bridgehead atoms. The number of halogens is 3. The number of amides is 1. The number of alkyl halides is 3. The number of hydrogen-bond donors (Lipinski definition) is 1. The first-order chi connectivity index (χ1) is 10.1. The zero-order valence-corrected chi connectivity index (χ0v) is 12.0. The molecule has 1 N–H and O–H groups in total. The van der Waals surface area contributed by atoms with Gasteiger partial charge in [0.25, 0.3) is 5.91 Å². The van der Waals surface area contributed by atoms with Gasteiger partial charge in [-0.2, -0.15) is 13.2 Å². The van der Waals surface area contributed by atoms with Crippen molar-refractivity contribution in [3.05, 3.63) is 35.4 Å². The highest BCUT2D eigenvalue weighted by atomic mass is 19.4. The predicted molar refractivity (Wildman–Crippen MR) is 72.3 cm³/mol. The number of aliphatic hydroxyl groups is 1. The smallest absolute Gasteiger partial charge is 0.380 e. The molecule has 1 fully saturated rings. The standard InChI is InChI=1S/C15H16F3NO3/c1-10-2-4-11(5-3-10)12(20)13(21)19-8-6-14(22,7-9-19)15(16,17)18/h2-5,22H,6-9H2,1H3. The summed E-state index contributed by atoms with van der Waals surface area (Å²) in [5.74, 6) is -1.59. The normalized spacial score (nSPS) is 18.1. The molecule has 0 unspecified atom stereocenters. The van der Waals surface area contributed by atoms with E-state index in [-0.39, 0.29) is 18.7 Å². The maximum absolute atomic E-state index is 12.7. The van der Waals surface area contributed by atoms with Crippen molar-refractivity contribution in [1.29, 1.82) is 0 Å². The van der Waals surface area contributed by atoms with Crippen molar-refractivity contribution in [2.24, 2.45) is 0 Å². The number of carbonyl (C=O) groups is 2. The number of likely N-dealkylation sites (tertiary alicyclic amines) is 1. The van der Waals surface area contributed by atoms with E-state index in [1.807, 2.05) is 6.92 Å². The molecule has 7 heteroatoms. The molecule has 1 aliphatic heterocycles. The second kappa shape index (κ2) is 5.72. The monoisotopic (exact) mass is 315 g/mol. The maximum atomic E-state index is 12.7. The molecule has 22 heavy (non-hydrogen) atoms. The highest BCUT2D eigenvalue weighted by molar-refractivity contribution is 6.42. The lowest BCUT2D eigenvalue weighted by Crippen LogP contribution is -2.55. The second-order valence-electron chi connectivity index (χ2n) is 5.52. The van der Waals surface area contributed by atoms with Crippen LogP contribution in [0.1, 0.15) is 28.8 Å². The number of nitrogens with zero attached hydrogens (tertiary/aromatic N) is 1. The van der Waals surface area contributed by atoms with Gasteiger partial charge in [0.1, 0.15) is 0 Å². The average Bonchev–Trinajstić information content (AvgIpc) is 2.46. The molecule has 0 radical (unpaired) electrons. The van der Waals surface area contributed by atoms with Gasteiger partial charge < -0.3 is 10.0 Å². The number of Topliss-reactive ketones (excluding diaryl/α,β-unsaturated/α-hetero) is 1. The summed E-state index contributed by atoms with van der Waals surface area (Å²) in [6.07, 6.45) is -5.98. The average molecular weight is 315 g/mol. The topological polar surface area (TPSA) is 57.6 Å². The van der Waals surface area contributed by atoms with E-state index in [1.165, 1.54) is 12.1 Å². The van der Waals surface area contributed by atoms with Crippen LogP contribution in [0.4, 0.5) is 13.2 Å². The Bertz CT molecular complexity index is 573. The Morgan fingerprint density at radius 3 is 2.09 bits per heavy atom. The van der Waals surface area contributed by atoms with Crippen LogP contribution in [0, 0.1) is 6.92 Å². The molecule has 0 atom stereocenters. The second-order valence-corrected chi connectivity index (χ2v) is 5.52. The number of ketones is 1. The largest absolute Gasteiger partial charge is 0.417 e. The summed E-state index contributed by atoms with van der Waals surface area (Å²) in [7, 11) is 0. The van der Waals surface area contributed by atoms with Gasteiger partial charge in [-0.05, 0) is 6.92 Å². The van der Waals surface area contributed by atoms with Gasteiger partial charge in [-0.25, -0.2) is 0 Å². The summed E-state index contributed by atoms with van der Waals surface area (Å²) in [5.41, 5.74) is -1.65. The van der Waals surface area contributed by atoms with E-state index in [1.54, 1.807) is 12.1 Å². The molecule has 0 aliphatic carbocycles. The van der Waals surface area contributed by atoms with E-state index in [9.17, 15) is 27.9 Å². The van der Waals surface area contributed by atoms with Crippen molar-refractivity contribution in [3.8, 4) is 0 Å². The Balaban J connectivity index is 2.04. The van der Waals surface area contributed by atoms with Crippen LogP contribution >= 0.6 is 0 Å². The molecule has 0 aromatic heterocycles. The minimum absolute atomic E-state index is 0.201. The van der Waals surface area contributed by atoms with Crippen LogP contribution in [0.15, 0.2) is 24.3 Å².